The second kappa shape index (κ2) is 10.8. The Hall–Kier alpha value is -3.52. The minimum absolute atomic E-state index is 0.0466. The van der Waals surface area contributed by atoms with Crippen LogP contribution in [0.5, 0.6) is 0 Å². The predicted molar refractivity (Wildman–Crippen MR) is 133 cm³/mol. The number of thioether (sulfide) groups is 1. The molecule has 1 aromatic heterocycles. The summed E-state index contributed by atoms with van der Waals surface area (Å²) in [6.07, 6.45) is 3.33. The van der Waals surface area contributed by atoms with Gasteiger partial charge in [-0.05, 0) is 73.9 Å². The van der Waals surface area contributed by atoms with Crippen LogP contribution in [-0.2, 0) is 9.53 Å². The fraction of sp³-hybridized carbons (Fsp3) is 0.259. The van der Waals surface area contributed by atoms with E-state index in [1.165, 1.54) is 30.1 Å². The van der Waals surface area contributed by atoms with Crippen molar-refractivity contribution in [2.45, 2.75) is 38.2 Å². The van der Waals surface area contributed by atoms with Gasteiger partial charge in [0, 0.05) is 30.1 Å². The van der Waals surface area contributed by atoms with Crippen LogP contribution in [0.2, 0.25) is 0 Å². The van der Waals surface area contributed by atoms with E-state index in [0.717, 1.165) is 11.1 Å². The van der Waals surface area contributed by atoms with Crippen molar-refractivity contribution in [2.75, 3.05) is 10.7 Å². The maximum Gasteiger partial charge on any atom is 0.338 e. The van der Waals surface area contributed by atoms with Crippen molar-refractivity contribution in [3.05, 3.63) is 95.1 Å². The van der Waals surface area contributed by atoms with Crippen molar-refractivity contribution in [2.24, 2.45) is 0 Å². The van der Waals surface area contributed by atoms with E-state index >= 15 is 0 Å². The van der Waals surface area contributed by atoms with Gasteiger partial charge in [-0.15, -0.1) is 11.8 Å². The van der Waals surface area contributed by atoms with Crippen molar-refractivity contribution < 1.29 is 23.5 Å². The molecule has 2 unspecified atom stereocenters. The fourth-order valence-corrected chi connectivity index (χ4v) is 5.10. The minimum atomic E-state index is -0.488. The molecule has 2 heterocycles. The number of nitrogens with zero attached hydrogens (tertiary/aromatic N) is 2. The third-order valence-electron chi connectivity index (χ3n) is 5.78. The minimum Gasteiger partial charge on any atom is -0.459 e. The fourth-order valence-electron chi connectivity index (χ4n) is 3.93. The standard InChI is InChI=1S/C27H25FN2O4S/c1-17-14-20(27(33)34-18(2)5-12-24(31)21-4-3-13-29-15-21)8-11-23(17)30-25(32)16-35-26(30)19-6-9-22(28)10-7-19/h3-4,6-11,13-15,18,26H,5,12,16H2,1-2H3. The molecular weight excluding hydrogens is 467 g/mol. The monoisotopic (exact) mass is 492 g/mol. The summed E-state index contributed by atoms with van der Waals surface area (Å²) in [6.45, 7) is 3.59. The topological polar surface area (TPSA) is 76.6 Å². The van der Waals surface area contributed by atoms with Crippen molar-refractivity contribution >= 4 is 35.1 Å². The van der Waals surface area contributed by atoms with Gasteiger partial charge in [0.25, 0.3) is 0 Å². The molecule has 8 heteroatoms. The predicted octanol–water partition coefficient (Wildman–Crippen LogP) is 5.52. The Bertz CT molecular complexity index is 1230. The molecule has 1 aliphatic rings. The lowest BCUT2D eigenvalue weighted by molar-refractivity contribution is -0.115. The molecule has 0 aliphatic carbocycles. The lowest BCUT2D eigenvalue weighted by Gasteiger charge is -2.26. The van der Waals surface area contributed by atoms with E-state index in [-0.39, 0.29) is 29.3 Å². The first-order valence-corrected chi connectivity index (χ1v) is 12.3. The summed E-state index contributed by atoms with van der Waals surface area (Å²) in [5.41, 5.74) is 3.18. The molecule has 1 amide bonds. The molecule has 2 aromatic carbocycles. The number of aromatic nitrogens is 1. The van der Waals surface area contributed by atoms with Crippen LogP contribution in [0, 0.1) is 12.7 Å². The third-order valence-corrected chi connectivity index (χ3v) is 7.00. The van der Waals surface area contributed by atoms with Crippen LogP contribution in [-0.4, -0.2) is 34.5 Å². The summed E-state index contributed by atoms with van der Waals surface area (Å²) in [6, 6.07) is 14.6. The first-order chi connectivity index (χ1) is 16.8. The van der Waals surface area contributed by atoms with Gasteiger partial charge in [0.1, 0.15) is 11.2 Å². The normalized spacial score (nSPS) is 16.3. The van der Waals surface area contributed by atoms with Crippen molar-refractivity contribution in [1.29, 1.82) is 0 Å². The molecule has 4 rings (SSSR count). The highest BCUT2D eigenvalue weighted by atomic mass is 32.2. The summed E-state index contributed by atoms with van der Waals surface area (Å²) in [5.74, 6) is -0.595. The molecule has 2 atom stereocenters. The smallest absolute Gasteiger partial charge is 0.338 e. The van der Waals surface area contributed by atoms with E-state index in [1.54, 1.807) is 60.5 Å². The van der Waals surface area contributed by atoms with Gasteiger partial charge in [-0.3, -0.25) is 19.5 Å². The van der Waals surface area contributed by atoms with Gasteiger partial charge in [-0.1, -0.05) is 12.1 Å². The molecule has 1 aliphatic heterocycles. The summed E-state index contributed by atoms with van der Waals surface area (Å²) < 4.78 is 18.9. The lowest BCUT2D eigenvalue weighted by atomic mass is 10.1. The van der Waals surface area contributed by atoms with Crippen LogP contribution in [0.4, 0.5) is 10.1 Å². The van der Waals surface area contributed by atoms with Crippen LogP contribution in [0.25, 0.3) is 0 Å². The molecule has 0 N–H and O–H groups in total. The summed E-state index contributed by atoms with van der Waals surface area (Å²) in [4.78, 5) is 43.3. The van der Waals surface area contributed by atoms with E-state index in [9.17, 15) is 18.8 Å². The Kier molecular flexibility index (Phi) is 7.60. The molecule has 0 spiro atoms. The Morgan fingerprint density at radius 3 is 2.63 bits per heavy atom. The quantitative estimate of drug-likeness (QED) is 0.305. The zero-order chi connectivity index (χ0) is 24.9. The van der Waals surface area contributed by atoms with Crippen LogP contribution >= 0.6 is 11.8 Å². The van der Waals surface area contributed by atoms with Crippen LogP contribution in [0.1, 0.15) is 57.0 Å². The molecule has 0 saturated carbocycles. The third kappa shape index (κ3) is 5.77. The zero-order valence-corrected chi connectivity index (χ0v) is 20.3. The number of rotatable bonds is 8. The average Bonchev–Trinajstić information content (AvgIpc) is 3.24. The highest BCUT2D eigenvalue weighted by Gasteiger charge is 2.35. The first kappa shape index (κ1) is 24.6. The van der Waals surface area contributed by atoms with Crippen LogP contribution in [0.3, 0.4) is 0 Å². The Balaban J connectivity index is 1.41. The number of ether oxygens (including phenoxy) is 1. The van der Waals surface area contributed by atoms with E-state index in [1.807, 2.05) is 6.92 Å². The van der Waals surface area contributed by atoms with E-state index in [4.69, 9.17) is 4.74 Å². The SMILES string of the molecule is Cc1cc(C(=O)OC(C)CCC(=O)c2cccnc2)ccc1N1C(=O)CSC1c1ccc(F)cc1. The number of anilines is 1. The lowest BCUT2D eigenvalue weighted by Crippen LogP contribution is -2.28. The number of carbonyl (C=O) groups is 3. The van der Waals surface area contributed by atoms with Gasteiger partial charge < -0.3 is 4.74 Å². The second-order valence-corrected chi connectivity index (χ2v) is 9.47. The maximum absolute atomic E-state index is 13.4. The van der Waals surface area contributed by atoms with Gasteiger partial charge >= 0.3 is 5.97 Å². The molecular formula is C27H25FN2O4S. The van der Waals surface area contributed by atoms with Gasteiger partial charge in [-0.2, -0.15) is 0 Å². The number of Topliss-reactive ketones (excluding diaryl/α,β-unsaturated/α-hetero) is 1. The van der Waals surface area contributed by atoms with E-state index < -0.39 is 12.1 Å². The highest BCUT2D eigenvalue weighted by Crippen LogP contribution is 2.42. The molecule has 1 saturated heterocycles. The average molecular weight is 493 g/mol. The van der Waals surface area contributed by atoms with E-state index in [0.29, 0.717) is 29.0 Å². The highest BCUT2D eigenvalue weighted by molar-refractivity contribution is 8.00. The zero-order valence-electron chi connectivity index (χ0n) is 19.4. The molecule has 3 aromatic rings. The van der Waals surface area contributed by atoms with Gasteiger partial charge in [0.15, 0.2) is 5.78 Å². The number of aryl methyl sites for hydroxylation is 1. The Morgan fingerprint density at radius 2 is 1.94 bits per heavy atom. The molecule has 35 heavy (non-hydrogen) atoms. The summed E-state index contributed by atoms with van der Waals surface area (Å²) >= 11 is 1.48. The van der Waals surface area contributed by atoms with Crippen LogP contribution in [0.15, 0.2) is 67.0 Å². The van der Waals surface area contributed by atoms with Gasteiger partial charge in [0.2, 0.25) is 5.91 Å². The number of hydrogen-bond acceptors (Lipinski definition) is 6. The number of carbonyl (C=O) groups excluding carboxylic acids is 3. The number of ketones is 1. The number of esters is 1. The van der Waals surface area contributed by atoms with Crippen molar-refractivity contribution in [3.8, 4) is 0 Å². The molecule has 6 nitrogen and oxygen atoms in total. The van der Waals surface area contributed by atoms with Gasteiger partial charge in [0.05, 0.1) is 17.4 Å². The molecule has 1 fully saturated rings. The Morgan fingerprint density at radius 1 is 1.17 bits per heavy atom. The number of amides is 1. The largest absolute Gasteiger partial charge is 0.459 e. The molecule has 180 valence electrons. The van der Waals surface area contributed by atoms with Gasteiger partial charge in [-0.25, -0.2) is 9.18 Å². The van der Waals surface area contributed by atoms with Crippen LogP contribution < -0.4 is 4.90 Å². The van der Waals surface area contributed by atoms with Crippen molar-refractivity contribution in [1.82, 2.24) is 4.98 Å². The van der Waals surface area contributed by atoms with E-state index in [2.05, 4.69) is 4.98 Å². The summed E-state index contributed by atoms with van der Waals surface area (Å²) in [7, 11) is 0. The maximum atomic E-state index is 13.4. The van der Waals surface area contributed by atoms with Crippen molar-refractivity contribution in [3.63, 3.8) is 0 Å². The number of benzene rings is 2. The second-order valence-electron chi connectivity index (χ2n) is 8.40. The number of halogens is 1. The molecule has 0 radical (unpaired) electrons. The number of pyridine rings is 1. The molecule has 0 bridgehead atoms. The summed E-state index contributed by atoms with van der Waals surface area (Å²) in [5, 5.41) is -0.267. The first-order valence-electron chi connectivity index (χ1n) is 11.3. The Labute approximate surface area is 207 Å². The number of hydrogen-bond donors (Lipinski definition) is 0.